The lowest BCUT2D eigenvalue weighted by atomic mass is 10.2. The molecule has 0 radical (unpaired) electrons. The van der Waals surface area contributed by atoms with Crippen LogP contribution in [-0.4, -0.2) is 30.3 Å². The molecule has 0 atom stereocenters. The first-order valence-corrected chi connectivity index (χ1v) is 6.09. The van der Waals surface area contributed by atoms with Gasteiger partial charge in [0.25, 0.3) is 0 Å². The first-order valence-electron chi connectivity index (χ1n) is 5.21. The fraction of sp³-hybridized carbons (Fsp3) is 0.154. The third-order valence-electron chi connectivity index (χ3n) is 1.53. The second-order valence-electron chi connectivity index (χ2n) is 3.12. The molecule has 0 saturated carbocycles. The summed E-state index contributed by atoms with van der Waals surface area (Å²) in [6.07, 6.45) is 0. The number of carboxylic acids is 1. The van der Waals surface area contributed by atoms with Gasteiger partial charge < -0.3 is 15.5 Å². The summed E-state index contributed by atoms with van der Waals surface area (Å²) in [5.41, 5.74) is 0.331. The number of rotatable bonds is 1. The number of carboxylic acid groups (broad SMARTS) is 1. The van der Waals surface area contributed by atoms with Crippen LogP contribution in [0.1, 0.15) is 10.4 Å². The fourth-order valence-electron chi connectivity index (χ4n) is 0.851. The normalized spacial score (nSPS) is 8.33. The number of nitrogens with one attached hydrogen (secondary N) is 1. The molecule has 0 fully saturated rings. The molecule has 2 aromatic rings. The maximum absolute atomic E-state index is 10.2. The van der Waals surface area contributed by atoms with Crippen molar-refractivity contribution >= 4 is 17.3 Å². The van der Waals surface area contributed by atoms with E-state index in [1.54, 1.807) is 42.5 Å². The second-order valence-corrected chi connectivity index (χ2v) is 4.05. The van der Waals surface area contributed by atoms with Gasteiger partial charge in [0.15, 0.2) is 5.06 Å². The zero-order chi connectivity index (χ0) is 13.8. The Morgan fingerprint density at radius 3 is 1.89 bits per heavy atom. The molecule has 4 nitrogen and oxygen atoms in total. The van der Waals surface area contributed by atoms with Crippen molar-refractivity contribution in [1.29, 1.82) is 0 Å². The number of benzene rings is 1. The van der Waals surface area contributed by atoms with Gasteiger partial charge in [0, 0.05) is 0 Å². The van der Waals surface area contributed by atoms with Gasteiger partial charge in [-0.2, -0.15) is 0 Å². The monoisotopic (exact) mass is 267 g/mol. The topological polar surface area (TPSA) is 69.6 Å². The predicted molar refractivity (Wildman–Crippen MR) is 74.4 cm³/mol. The van der Waals surface area contributed by atoms with Gasteiger partial charge in [-0.3, -0.25) is 0 Å². The van der Waals surface area contributed by atoms with Gasteiger partial charge in [0.2, 0.25) is 0 Å². The van der Waals surface area contributed by atoms with Crippen LogP contribution in [0.2, 0.25) is 0 Å². The molecular formula is C13H17NO3S. The van der Waals surface area contributed by atoms with Gasteiger partial charge in [-0.05, 0) is 43.7 Å². The summed E-state index contributed by atoms with van der Waals surface area (Å²) < 4.78 is 0. The molecule has 0 aliphatic carbocycles. The van der Waals surface area contributed by atoms with Crippen molar-refractivity contribution in [2.24, 2.45) is 0 Å². The SMILES string of the molecule is CNC.O=C(O)c1ccccc1.Oc1cccs1. The van der Waals surface area contributed by atoms with E-state index in [-0.39, 0.29) is 0 Å². The van der Waals surface area contributed by atoms with Crippen LogP contribution in [0, 0.1) is 0 Å². The molecule has 1 aromatic carbocycles. The van der Waals surface area contributed by atoms with Crippen LogP contribution < -0.4 is 5.32 Å². The summed E-state index contributed by atoms with van der Waals surface area (Å²) in [6.45, 7) is 0. The molecule has 1 heterocycles. The molecule has 1 aromatic heterocycles. The minimum atomic E-state index is -0.879. The Kier molecular flexibility index (Phi) is 9.25. The van der Waals surface area contributed by atoms with Gasteiger partial charge in [-0.15, -0.1) is 11.3 Å². The van der Waals surface area contributed by atoms with Crippen LogP contribution >= 0.6 is 11.3 Å². The quantitative estimate of drug-likeness (QED) is 0.743. The molecular weight excluding hydrogens is 250 g/mol. The van der Waals surface area contributed by atoms with Crippen LogP contribution in [0.3, 0.4) is 0 Å². The van der Waals surface area contributed by atoms with Gasteiger partial charge >= 0.3 is 5.97 Å². The Morgan fingerprint density at radius 1 is 1.11 bits per heavy atom. The first kappa shape index (κ1) is 16.1. The smallest absolute Gasteiger partial charge is 0.335 e. The van der Waals surface area contributed by atoms with E-state index in [4.69, 9.17) is 10.2 Å². The third kappa shape index (κ3) is 8.32. The molecule has 0 unspecified atom stereocenters. The van der Waals surface area contributed by atoms with Gasteiger partial charge in [0.05, 0.1) is 5.56 Å². The zero-order valence-corrected chi connectivity index (χ0v) is 11.1. The summed E-state index contributed by atoms with van der Waals surface area (Å²) in [5.74, 6) is -0.879. The van der Waals surface area contributed by atoms with E-state index >= 15 is 0 Å². The molecule has 0 bridgehead atoms. The number of carbonyl (C=O) groups is 1. The minimum Gasteiger partial charge on any atom is -0.499 e. The number of aromatic carboxylic acids is 1. The summed E-state index contributed by atoms with van der Waals surface area (Å²) in [6, 6.07) is 11.8. The lowest BCUT2D eigenvalue weighted by molar-refractivity contribution is 0.0697. The van der Waals surface area contributed by atoms with Crippen LogP contribution in [0.15, 0.2) is 47.8 Å². The van der Waals surface area contributed by atoms with Crippen LogP contribution in [0.4, 0.5) is 0 Å². The van der Waals surface area contributed by atoms with Crippen LogP contribution in [0.5, 0.6) is 5.06 Å². The highest BCUT2D eigenvalue weighted by Crippen LogP contribution is 2.14. The molecule has 98 valence electrons. The summed E-state index contributed by atoms with van der Waals surface area (Å²) in [4.78, 5) is 10.2. The average molecular weight is 267 g/mol. The second kappa shape index (κ2) is 10.3. The van der Waals surface area contributed by atoms with Crippen molar-refractivity contribution in [3.63, 3.8) is 0 Å². The molecule has 0 aliphatic heterocycles. The van der Waals surface area contributed by atoms with E-state index in [2.05, 4.69) is 5.32 Å². The standard InChI is InChI=1S/C7H6O2.C4H4OS.C2H7N/c8-7(9)6-4-2-1-3-5-6;5-4-2-1-3-6-4;1-3-2/h1-5H,(H,8,9);1-3,5H;3H,1-2H3. The highest BCUT2D eigenvalue weighted by atomic mass is 32.1. The van der Waals surface area contributed by atoms with E-state index in [9.17, 15) is 4.79 Å². The van der Waals surface area contributed by atoms with Crippen molar-refractivity contribution in [2.45, 2.75) is 0 Å². The van der Waals surface area contributed by atoms with Crippen LogP contribution in [0.25, 0.3) is 0 Å². The summed E-state index contributed by atoms with van der Waals surface area (Å²) in [7, 11) is 3.75. The highest BCUT2D eigenvalue weighted by Gasteiger charge is 1.96. The summed E-state index contributed by atoms with van der Waals surface area (Å²) in [5, 5.41) is 21.8. The Labute approximate surface area is 111 Å². The molecule has 0 amide bonds. The average Bonchev–Trinajstić information content (AvgIpc) is 2.83. The molecule has 5 heteroatoms. The van der Waals surface area contributed by atoms with E-state index in [1.807, 2.05) is 19.5 Å². The fourth-order valence-corrected chi connectivity index (χ4v) is 1.30. The minimum absolute atomic E-state index is 0.331. The maximum atomic E-state index is 10.2. The number of hydrogen-bond acceptors (Lipinski definition) is 4. The van der Waals surface area contributed by atoms with Crippen molar-refractivity contribution in [3.8, 4) is 5.06 Å². The van der Waals surface area contributed by atoms with Crippen molar-refractivity contribution < 1.29 is 15.0 Å². The molecule has 0 saturated heterocycles. The molecule has 0 aliphatic rings. The van der Waals surface area contributed by atoms with E-state index in [0.717, 1.165) is 0 Å². The number of thiophene rings is 1. The highest BCUT2D eigenvalue weighted by molar-refractivity contribution is 7.11. The Morgan fingerprint density at radius 2 is 1.67 bits per heavy atom. The number of aromatic hydroxyl groups is 1. The van der Waals surface area contributed by atoms with Crippen molar-refractivity contribution in [3.05, 3.63) is 53.4 Å². The van der Waals surface area contributed by atoms with E-state index < -0.39 is 5.97 Å². The van der Waals surface area contributed by atoms with E-state index in [0.29, 0.717) is 10.6 Å². The van der Waals surface area contributed by atoms with E-state index in [1.165, 1.54) is 11.3 Å². The molecule has 3 N–H and O–H groups in total. The number of hydrogen-bond donors (Lipinski definition) is 3. The van der Waals surface area contributed by atoms with Gasteiger partial charge in [-0.25, -0.2) is 4.79 Å². The third-order valence-corrected chi connectivity index (χ3v) is 2.20. The lowest BCUT2D eigenvalue weighted by Gasteiger charge is -1.88. The Bertz CT molecular complexity index is 415. The van der Waals surface area contributed by atoms with Gasteiger partial charge in [-0.1, -0.05) is 18.2 Å². The van der Waals surface area contributed by atoms with Crippen molar-refractivity contribution in [2.75, 3.05) is 14.1 Å². The Hall–Kier alpha value is -1.85. The zero-order valence-electron chi connectivity index (χ0n) is 10.3. The maximum Gasteiger partial charge on any atom is 0.335 e. The predicted octanol–water partition coefficient (Wildman–Crippen LogP) is 2.67. The molecule has 2 rings (SSSR count). The Balaban J connectivity index is 0.000000278. The van der Waals surface area contributed by atoms with Gasteiger partial charge in [0.1, 0.15) is 0 Å². The molecule has 18 heavy (non-hydrogen) atoms. The van der Waals surface area contributed by atoms with Crippen LogP contribution in [-0.2, 0) is 0 Å². The van der Waals surface area contributed by atoms with Crippen molar-refractivity contribution in [1.82, 2.24) is 5.32 Å². The lowest BCUT2D eigenvalue weighted by Crippen LogP contribution is -1.93. The largest absolute Gasteiger partial charge is 0.499 e. The first-order chi connectivity index (χ1) is 8.61. The molecule has 0 spiro atoms. The summed E-state index contributed by atoms with van der Waals surface area (Å²) >= 11 is 1.33.